The van der Waals surface area contributed by atoms with E-state index in [0.29, 0.717) is 100.0 Å². The standard InChI is InChI=1S/C18H16ClFN6O2S.C18H17ClN6O2S.C17H16ClFN6OS.CH3.H2S.S/c1-5-26-15(12(20)8(2)24-26)17-23-14(16(29-17)18(27)28-4)13-9-7-21-25(3)10(9)6-11(19)22-13;1-5-25-12(6-9(2)23-25)17-22-15(16(28-17)18(26)27-4)14-10-8-20-24(3)11(10)7-13(19)21-14;1-4-25-16(13(19)8(2)23-25)17-22-15(11(7-26)27-17)14-9-6-20-24(3)10(9)5-12(18)21-14;;;/h6-7H,5H2,1-4H3;6-8H,5H2,1-4H3;5-6,26H,4,7H2,1-3H3;1H3;1H2;/q;;;-1;;-2/p-1. The fourth-order valence-corrected chi connectivity index (χ4v) is 12.8. The zero-order valence-electron chi connectivity index (χ0n) is 48.5. The molecule has 33 heteroatoms. The Morgan fingerprint density at radius 3 is 1.31 bits per heavy atom. The van der Waals surface area contributed by atoms with Crippen molar-refractivity contribution < 1.29 is 33.0 Å². The number of carbonyl (C=O) groups is 2. The lowest BCUT2D eigenvalue weighted by Crippen LogP contribution is -2.01. The summed E-state index contributed by atoms with van der Waals surface area (Å²) in [6.45, 7) is 12.3. The van der Waals surface area contributed by atoms with Crippen molar-refractivity contribution in [3.8, 4) is 66.3 Å². The second kappa shape index (κ2) is 27.4. The van der Waals surface area contributed by atoms with Gasteiger partial charge in [0.25, 0.3) is 0 Å². The van der Waals surface area contributed by atoms with E-state index in [9.17, 15) is 23.5 Å². The summed E-state index contributed by atoms with van der Waals surface area (Å²) in [5.41, 5.74) is 7.68. The first-order valence-corrected chi connectivity index (χ1v) is 29.1. The van der Waals surface area contributed by atoms with Crippen molar-refractivity contribution >= 4 is 140 Å². The number of hydrogen-bond donors (Lipinski definition) is 1. The van der Waals surface area contributed by atoms with Gasteiger partial charge in [0.1, 0.15) is 85.8 Å². The summed E-state index contributed by atoms with van der Waals surface area (Å²) in [6, 6.07) is 7.06. The summed E-state index contributed by atoms with van der Waals surface area (Å²) in [5, 5.41) is 39.9. The number of methoxy groups -OCH3 is 2. The molecule has 0 spiro atoms. The second-order valence-electron chi connectivity index (χ2n) is 18.4. The van der Waals surface area contributed by atoms with Crippen LogP contribution in [-0.2, 0) is 83.8 Å². The Bertz CT molecular complexity index is 4540. The van der Waals surface area contributed by atoms with Crippen molar-refractivity contribution in [1.82, 2.24) is 88.6 Å². The molecule has 0 saturated heterocycles. The number of ether oxygens (including phenoxy) is 2. The average Bonchev–Trinajstić information content (AvgIpc) is 1.72. The smallest absolute Gasteiger partial charge is 0.350 e. The molecule has 0 saturated carbocycles. The van der Waals surface area contributed by atoms with Gasteiger partial charge in [-0.2, -0.15) is 30.6 Å². The van der Waals surface area contributed by atoms with Crippen LogP contribution in [-0.4, -0.2) is 120 Å². The van der Waals surface area contributed by atoms with Crippen LogP contribution in [0, 0.1) is 39.8 Å². The summed E-state index contributed by atoms with van der Waals surface area (Å²) in [5.74, 6) is -1.96. The lowest BCUT2D eigenvalue weighted by molar-refractivity contribution is 0.0597. The zero-order chi connectivity index (χ0) is 60.2. The molecular formula is C54H53Cl3F2N18O5S5-4. The van der Waals surface area contributed by atoms with Crippen LogP contribution < -0.4 is 0 Å². The number of rotatable bonds is 12. The molecule has 0 aliphatic rings. The Morgan fingerprint density at radius 2 is 0.920 bits per heavy atom. The summed E-state index contributed by atoms with van der Waals surface area (Å²) in [7, 11) is 8.02. The van der Waals surface area contributed by atoms with E-state index in [1.807, 2.05) is 45.5 Å². The van der Waals surface area contributed by atoms with E-state index < -0.39 is 23.6 Å². The predicted molar refractivity (Wildman–Crippen MR) is 340 cm³/mol. The largest absolute Gasteiger partial charge is 2.00 e. The lowest BCUT2D eigenvalue weighted by Gasteiger charge is -2.04. The average molecular weight is 1340 g/mol. The topological polar surface area (TPSA) is 257 Å². The highest BCUT2D eigenvalue weighted by molar-refractivity contribution is 7.37. The molecule has 12 aromatic heterocycles. The van der Waals surface area contributed by atoms with Crippen LogP contribution in [0.5, 0.6) is 0 Å². The van der Waals surface area contributed by atoms with Crippen LogP contribution in [0.4, 0.5) is 8.78 Å². The molecule has 0 atom stereocenters. The molecule has 12 heterocycles. The highest BCUT2D eigenvalue weighted by Gasteiger charge is 2.30. The minimum atomic E-state index is -0.595. The quantitative estimate of drug-likeness (QED) is 0.0392. The highest BCUT2D eigenvalue weighted by Crippen LogP contribution is 2.42. The van der Waals surface area contributed by atoms with E-state index in [-0.39, 0.29) is 68.1 Å². The molecule has 12 aromatic rings. The number of aliphatic hydroxyl groups excluding tert-OH is 1. The third-order valence-electron chi connectivity index (χ3n) is 13.2. The number of esters is 2. The van der Waals surface area contributed by atoms with Gasteiger partial charge in [0, 0.05) is 75.1 Å². The monoisotopic (exact) mass is 1340 g/mol. The first kappa shape index (κ1) is 67.2. The number of hydrogen-bond acceptors (Lipinski definition) is 21. The van der Waals surface area contributed by atoms with Gasteiger partial charge in [0.15, 0.2) is 11.6 Å². The van der Waals surface area contributed by atoms with E-state index in [4.69, 9.17) is 49.3 Å². The summed E-state index contributed by atoms with van der Waals surface area (Å²) >= 11 is 22.1. The molecule has 12 rings (SSSR count). The number of aryl methyl sites for hydroxylation is 9. The minimum absolute atomic E-state index is 0. The van der Waals surface area contributed by atoms with Gasteiger partial charge < -0.3 is 49.0 Å². The molecule has 0 aliphatic heterocycles. The fourth-order valence-electron chi connectivity index (χ4n) is 9.20. The van der Waals surface area contributed by atoms with Gasteiger partial charge in [0.05, 0.1) is 83.6 Å². The normalized spacial score (nSPS) is 11.0. The van der Waals surface area contributed by atoms with E-state index in [0.717, 1.165) is 50.0 Å². The number of thiol groups is 1. The maximum absolute atomic E-state index is 14.8. The lowest BCUT2D eigenvalue weighted by atomic mass is 10.1. The van der Waals surface area contributed by atoms with Gasteiger partial charge in [0.2, 0.25) is 0 Å². The molecule has 0 unspecified atom stereocenters. The number of halogens is 5. The molecule has 0 bridgehead atoms. The number of fused-ring (bicyclic) bond motifs is 3. The first-order valence-electron chi connectivity index (χ1n) is 25.5. The van der Waals surface area contributed by atoms with Crippen molar-refractivity contribution in [2.24, 2.45) is 21.1 Å². The molecule has 0 aliphatic carbocycles. The number of aliphatic hydroxyl groups is 1. The predicted octanol–water partition coefficient (Wildman–Crippen LogP) is 11.3. The van der Waals surface area contributed by atoms with Crippen molar-refractivity contribution in [2.45, 2.75) is 67.8 Å². The van der Waals surface area contributed by atoms with Crippen LogP contribution in [0.2, 0.25) is 15.5 Å². The van der Waals surface area contributed by atoms with Gasteiger partial charge in [-0.15, -0.1) is 34.0 Å². The Labute approximate surface area is 536 Å². The Morgan fingerprint density at radius 1 is 0.552 bits per heavy atom. The molecule has 1 N–H and O–H groups in total. The Kier molecular flexibility index (Phi) is 21.2. The fraction of sp³-hybridized carbons (Fsp3) is 0.278. The third-order valence-corrected chi connectivity index (χ3v) is 16.9. The van der Waals surface area contributed by atoms with Crippen molar-refractivity contribution in [2.75, 3.05) is 14.2 Å². The van der Waals surface area contributed by atoms with Gasteiger partial charge in [-0.05, 0) is 47.6 Å². The molecule has 87 heavy (non-hydrogen) atoms. The first-order chi connectivity index (χ1) is 40.2. The van der Waals surface area contributed by atoms with Crippen LogP contribution in [0.3, 0.4) is 0 Å². The van der Waals surface area contributed by atoms with Crippen LogP contribution in [0.25, 0.3) is 99.0 Å². The maximum Gasteiger partial charge on any atom is 0.350 e. The van der Waals surface area contributed by atoms with E-state index in [1.54, 1.807) is 83.5 Å². The van der Waals surface area contributed by atoms with Crippen LogP contribution in [0.1, 0.15) is 62.1 Å². The highest BCUT2D eigenvalue weighted by atomic mass is 35.5. The minimum Gasteiger partial charge on any atom is -2.00 e. The van der Waals surface area contributed by atoms with Gasteiger partial charge in [-0.3, -0.25) is 28.1 Å². The number of aromatic nitrogens is 18. The summed E-state index contributed by atoms with van der Waals surface area (Å²) in [4.78, 5) is 53.2. The number of carbonyl (C=O) groups excluding carboxylic acids is 2. The molecule has 23 nitrogen and oxygen atoms in total. The third kappa shape index (κ3) is 12.6. The van der Waals surface area contributed by atoms with Crippen LogP contribution in [0.15, 0.2) is 42.9 Å². The van der Waals surface area contributed by atoms with E-state index >= 15 is 0 Å². The molecular weight excluding hydrogens is 1290 g/mol. The maximum atomic E-state index is 14.8. The molecule has 0 fully saturated rings. The summed E-state index contributed by atoms with van der Waals surface area (Å²) < 4.78 is 49.3. The number of nitrogens with zero attached hydrogens (tertiary/aromatic N) is 18. The SMILES string of the molecule is CCn1nc(C)c(F)c1-c1nc(-c2nc(Cl)cc3c2cnn3C)c(C(=O)OC)s1.CCn1nc(C)c(F)c1-c1nc(-c2nc(Cl)cc3c2cnn3C)c(CO)s1.CCn1nc(C)cc1-c1nc(-c2nc(Cl)cc3c2cnn3C)c(C(=O)OC)s1.[CH3-].[S-2].[SH-]. The van der Waals surface area contributed by atoms with E-state index in [2.05, 4.69) is 55.5 Å². The summed E-state index contributed by atoms with van der Waals surface area (Å²) in [6.07, 6.45) is 4.98. The van der Waals surface area contributed by atoms with Crippen molar-refractivity contribution in [1.29, 1.82) is 0 Å². The van der Waals surface area contributed by atoms with E-state index in [1.165, 1.54) is 41.6 Å². The molecule has 458 valence electrons. The molecule has 0 amide bonds. The van der Waals surface area contributed by atoms with Crippen molar-refractivity contribution in [3.05, 3.63) is 109 Å². The molecule has 0 aromatic carbocycles. The number of pyridine rings is 3. The number of thiazole rings is 3. The van der Waals surface area contributed by atoms with Gasteiger partial charge in [-0.1, -0.05) is 34.8 Å². The second-order valence-corrected chi connectivity index (χ2v) is 22.7. The zero-order valence-corrected chi connectivity index (χ0v) is 54.9. The Balaban J connectivity index is 0.000000183. The van der Waals surface area contributed by atoms with Crippen molar-refractivity contribution in [3.63, 3.8) is 0 Å². The van der Waals surface area contributed by atoms with Crippen LogP contribution >= 0.6 is 68.8 Å². The van der Waals surface area contributed by atoms with Gasteiger partial charge >= 0.3 is 11.9 Å². The molecule has 0 radical (unpaired) electrons. The van der Waals surface area contributed by atoms with Gasteiger partial charge in [-0.25, -0.2) is 48.3 Å². The Hall–Kier alpha value is -7.29.